The fourth-order valence-electron chi connectivity index (χ4n) is 3.35. The van der Waals surface area contributed by atoms with E-state index < -0.39 is 0 Å². The van der Waals surface area contributed by atoms with Gasteiger partial charge in [0.15, 0.2) is 0 Å². The van der Waals surface area contributed by atoms with Crippen molar-refractivity contribution in [3.8, 4) is 0 Å². The van der Waals surface area contributed by atoms with E-state index >= 15 is 0 Å². The van der Waals surface area contributed by atoms with Crippen molar-refractivity contribution in [2.24, 2.45) is 7.05 Å². The molecule has 0 saturated carbocycles. The Kier molecular flexibility index (Phi) is 4.66. The highest BCUT2D eigenvalue weighted by molar-refractivity contribution is 5.93. The highest BCUT2D eigenvalue weighted by atomic mass is 19.1. The lowest BCUT2D eigenvalue weighted by molar-refractivity contribution is -0.117. The van der Waals surface area contributed by atoms with Gasteiger partial charge in [-0.2, -0.15) is 5.10 Å². The van der Waals surface area contributed by atoms with Crippen LogP contribution in [0.3, 0.4) is 0 Å². The van der Waals surface area contributed by atoms with E-state index in [4.69, 9.17) is 0 Å². The number of hydrogen-bond donors (Lipinski definition) is 1. The van der Waals surface area contributed by atoms with Gasteiger partial charge in [0.1, 0.15) is 5.82 Å². The van der Waals surface area contributed by atoms with Gasteiger partial charge in [0.05, 0.1) is 23.6 Å². The summed E-state index contributed by atoms with van der Waals surface area (Å²) in [5.74, 6) is 0.0516. The maximum absolute atomic E-state index is 13.4. The molecule has 24 heavy (non-hydrogen) atoms. The molecule has 1 atom stereocenters. The Balaban J connectivity index is 1.58. The second-order valence-electron chi connectivity index (χ2n) is 6.49. The van der Waals surface area contributed by atoms with E-state index in [1.54, 1.807) is 16.8 Å². The lowest BCUT2D eigenvalue weighted by Crippen LogP contribution is -2.31. The number of aromatic nitrogens is 2. The maximum atomic E-state index is 13.4. The van der Waals surface area contributed by atoms with Gasteiger partial charge in [0, 0.05) is 13.6 Å². The number of anilines is 1. The number of carbonyl (C=O) groups excluding carboxylic acids is 1. The highest BCUT2D eigenvalue weighted by Crippen LogP contribution is 2.27. The van der Waals surface area contributed by atoms with Crippen molar-refractivity contribution < 1.29 is 9.18 Å². The Bertz CT molecular complexity index is 755. The van der Waals surface area contributed by atoms with Crippen LogP contribution in [0.1, 0.15) is 29.3 Å². The van der Waals surface area contributed by atoms with Crippen LogP contribution in [0.25, 0.3) is 0 Å². The topological polar surface area (TPSA) is 50.2 Å². The third-order valence-corrected chi connectivity index (χ3v) is 4.73. The Labute approximate surface area is 141 Å². The molecule has 0 bridgehead atoms. The Morgan fingerprint density at radius 3 is 2.88 bits per heavy atom. The number of nitrogens with zero attached hydrogens (tertiary/aromatic N) is 3. The first kappa shape index (κ1) is 16.6. The molecule has 1 aromatic carbocycles. The van der Waals surface area contributed by atoms with Gasteiger partial charge in [-0.05, 0) is 50.4 Å². The number of halogens is 1. The summed E-state index contributed by atoms with van der Waals surface area (Å²) in [7, 11) is 1.86. The van der Waals surface area contributed by atoms with E-state index in [2.05, 4.69) is 15.3 Å². The number of benzene rings is 1. The van der Waals surface area contributed by atoms with E-state index in [1.807, 2.05) is 27.0 Å². The van der Waals surface area contributed by atoms with Crippen molar-refractivity contribution in [1.29, 1.82) is 0 Å². The molecule has 2 heterocycles. The predicted molar refractivity (Wildman–Crippen MR) is 91.5 cm³/mol. The maximum Gasteiger partial charge on any atom is 0.238 e. The second kappa shape index (κ2) is 6.73. The quantitative estimate of drug-likeness (QED) is 0.937. The molecule has 1 fully saturated rings. The summed E-state index contributed by atoms with van der Waals surface area (Å²) in [5.41, 5.74) is 3.57. The summed E-state index contributed by atoms with van der Waals surface area (Å²) in [6.07, 6.45) is 0.946. The van der Waals surface area contributed by atoms with Gasteiger partial charge in [-0.25, -0.2) is 4.39 Å². The first-order valence-electron chi connectivity index (χ1n) is 8.22. The van der Waals surface area contributed by atoms with Crippen LogP contribution in [0.15, 0.2) is 24.3 Å². The summed E-state index contributed by atoms with van der Waals surface area (Å²) >= 11 is 0. The van der Waals surface area contributed by atoms with Gasteiger partial charge in [0.25, 0.3) is 0 Å². The third kappa shape index (κ3) is 3.48. The van der Waals surface area contributed by atoms with E-state index in [1.165, 1.54) is 6.07 Å². The summed E-state index contributed by atoms with van der Waals surface area (Å²) in [6.45, 7) is 5.80. The number of likely N-dealkylation sites (tertiary alicyclic amines) is 1. The van der Waals surface area contributed by atoms with Crippen molar-refractivity contribution in [2.45, 2.75) is 26.2 Å². The Hall–Kier alpha value is -2.21. The average Bonchev–Trinajstić information content (AvgIpc) is 3.08. The van der Waals surface area contributed by atoms with Crippen LogP contribution in [0.4, 0.5) is 10.1 Å². The minimum Gasteiger partial charge on any atom is -0.322 e. The van der Waals surface area contributed by atoms with E-state index in [-0.39, 0.29) is 17.6 Å². The largest absolute Gasteiger partial charge is 0.322 e. The van der Waals surface area contributed by atoms with Crippen molar-refractivity contribution in [2.75, 3.05) is 25.0 Å². The molecule has 0 unspecified atom stereocenters. The van der Waals surface area contributed by atoms with Crippen LogP contribution >= 0.6 is 0 Å². The van der Waals surface area contributed by atoms with Crippen LogP contribution < -0.4 is 5.32 Å². The van der Waals surface area contributed by atoms with Crippen molar-refractivity contribution in [3.63, 3.8) is 0 Å². The van der Waals surface area contributed by atoms with Gasteiger partial charge in [-0.1, -0.05) is 12.1 Å². The molecule has 1 aliphatic heterocycles. The minimum atomic E-state index is -0.203. The van der Waals surface area contributed by atoms with Crippen LogP contribution in [0.2, 0.25) is 0 Å². The first-order chi connectivity index (χ1) is 11.4. The van der Waals surface area contributed by atoms with Gasteiger partial charge >= 0.3 is 0 Å². The smallest absolute Gasteiger partial charge is 0.238 e. The summed E-state index contributed by atoms with van der Waals surface area (Å²) in [6, 6.07) is 6.76. The lowest BCUT2D eigenvalue weighted by atomic mass is 9.98. The molecule has 0 spiro atoms. The minimum absolute atomic E-state index is 0.0332. The van der Waals surface area contributed by atoms with Crippen LogP contribution in [-0.4, -0.2) is 40.2 Å². The Morgan fingerprint density at radius 2 is 2.21 bits per heavy atom. The predicted octanol–water partition coefficient (Wildman–Crippen LogP) is 2.60. The number of nitrogens with one attached hydrogen (secondary N) is 1. The second-order valence-corrected chi connectivity index (χ2v) is 6.49. The standard InChI is InChI=1S/C18H23FN4O/c1-12-18(13(2)22(3)21-12)20-17(24)11-23-8-7-15(10-23)14-5-4-6-16(19)9-14/h4-6,9,15H,7-8,10-11H2,1-3H3,(H,20,24)/t15-/m1/s1. The molecule has 1 N–H and O–H groups in total. The number of rotatable bonds is 4. The molecule has 128 valence electrons. The summed E-state index contributed by atoms with van der Waals surface area (Å²) in [5, 5.41) is 7.27. The van der Waals surface area contributed by atoms with E-state index in [0.29, 0.717) is 6.54 Å². The zero-order valence-corrected chi connectivity index (χ0v) is 14.3. The lowest BCUT2D eigenvalue weighted by Gasteiger charge is -2.16. The molecule has 5 nitrogen and oxygen atoms in total. The van der Waals surface area contributed by atoms with Crippen molar-refractivity contribution in [3.05, 3.63) is 47.0 Å². The zero-order valence-electron chi connectivity index (χ0n) is 14.3. The molecule has 3 rings (SSSR count). The van der Waals surface area contributed by atoms with Crippen LogP contribution in [0.5, 0.6) is 0 Å². The van der Waals surface area contributed by atoms with Crippen LogP contribution in [0, 0.1) is 19.7 Å². The monoisotopic (exact) mass is 330 g/mol. The SMILES string of the molecule is Cc1nn(C)c(C)c1NC(=O)CN1CC[C@@H](c2cccc(F)c2)C1. The highest BCUT2D eigenvalue weighted by Gasteiger charge is 2.26. The molecule has 0 radical (unpaired) electrons. The first-order valence-corrected chi connectivity index (χ1v) is 8.22. The Morgan fingerprint density at radius 1 is 1.42 bits per heavy atom. The van der Waals surface area contributed by atoms with Gasteiger partial charge in [-0.3, -0.25) is 14.4 Å². The van der Waals surface area contributed by atoms with Crippen molar-refractivity contribution in [1.82, 2.24) is 14.7 Å². The molecule has 1 amide bonds. The molecule has 2 aromatic rings. The molecule has 1 aromatic heterocycles. The van der Waals surface area contributed by atoms with E-state index in [0.717, 1.165) is 42.1 Å². The van der Waals surface area contributed by atoms with E-state index in [9.17, 15) is 9.18 Å². The van der Waals surface area contributed by atoms with Gasteiger partial charge in [-0.15, -0.1) is 0 Å². The zero-order chi connectivity index (χ0) is 17.3. The molecule has 0 aliphatic carbocycles. The van der Waals surface area contributed by atoms with Gasteiger partial charge < -0.3 is 5.32 Å². The number of aryl methyl sites for hydroxylation is 2. The summed E-state index contributed by atoms with van der Waals surface area (Å²) in [4.78, 5) is 14.4. The fraction of sp³-hybridized carbons (Fsp3) is 0.444. The van der Waals surface area contributed by atoms with Gasteiger partial charge in [0.2, 0.25) is 5.91 Å². The number of carbonyl (C=O) groups is 1. The molecule has 6 heteroatoms. The fourth-order valence-corrected chi connectivity index (χ4v) is 3.35. The number of amides is 1. The average molecular weight is 330 g/mol. The molecular formula is C18H23FN4O. The molecule has 1 aliphatic rings. The third-order valence-electron chi connectivity index (χ3n) is 4.73. The summed E-state index contributed by atoms with van der Waals surface area (Å²) < 4.78 is 15.1. The normalized spacial score (nSPS) is 18.1. The molecule has 1 saturated heterocycles. The van der Waals surface area contributed by atoms with Crippen molar-refractivity contribution >= 4 is 11.6 Å². The van der Waals surface area contributed by atoms with Crippen LogP contribution in [-0.2, 0) is 11.8 Å². The molecular weight excluding hydrogens is 307 g/mol. The number of hydrogen-bond acceptors (Lipinski definition) is 3.